The Morgan fingerprint density at radius 1 is 1.43 bits per heavy atom. The van der Waals surface area contributed by atoms with E-state index >= 15 is 0 Å². The van der Waals surface area contributed by atoms with E-state index in [1.807, 2.05) is 6.92 Å². The maximum absolute atomic E-state index is 12.3. The minimum Gasteiger partial charge on any atom is -0.465 e. The number of nitrogens with zero attached hydrogens (tertiary/aromatic N) is 2. The summed E-state index contributed by atoms with van der Waals surface area (Å²) in [5, 5.41) is 7.02. The third-order valence-electron chi connectivity index (χ3n) is 2.82. The summed E-state index contributed by atoms with van der Waals surface area (Å²) in [5.74, 6) is -0.550. The summed E-state index contributed by atoms with van der Waals surface area (Å²) >= 11 is 6.04. The lowest BCUT2D eigenvalue weighted by atomic mass is 10.2. The summed E-state index contributed by atoms with van der Waals surface area (Å²) in [7, 11) is 1.27. The number of ether oxygens (including phenoxy) is 1. The molecule has 0 aliphatic carbocycles. The molecule has 2 rings (SSSR count). The van der Waals surface area contributed by atoms with E-state index in [0.717, 1.165) is 4.68 Å². The summed E-state index contributed by atoms with van der Waals surface area (Å²) in [6, 6.07) is 6.53. The molecule has 0 saturated heterocycles. The van der Waals surface area contributed by atoms with Crippen molar-refractivity contribution >= 4 is 23.3 Å². The summed E-state index contributed by atoms with van der Waals surface area (Å²) in [5.41, 5.74) is 0.503. The van der Waals surface area contributed by atoms with Gasteiger partial charge in [-0.15, -0.1) is 0 Å². The van der Waals surface area contributed by atoms with E-state index in [2.05, 4.69) is 10.4 Å². The number of para-hydroxylation sites is 1. The van der Waals surface area contributed by atoms with Crippen LogP contribution in [0.4, 0.5) is 5.69 Å². The molecule has 0 amide bonds. The number of carbonyl (C=O) groups excluding carboxylic acids is 1. The average Bonchev–Trinajstić information content (AvgIpc) is 2.51. The zero-order valence-corrected chi connectivity index (χ0v) is 12.3. The molecule has 1 heterocycles. The van der Waals surface area contributed by atoms with Crippen molar-refractivity contribution in [3.63, 3.8) is 0 Å². The van der Waals surface area contributed by atoms with Crippen LogP contribution in [0.25, 0.3) is 5.69 Å². The summed E-state index contributed by atoms with van der Waals surface area (Å²) in [6.07, 6.45) is 1.45. The van der Waals surface area contributed by atoms with Crippen LogP contribution in [0.3, 0.4) is 0 Å². The number of benzene rings is 1. The van der Waals surface area contributed by atoms with Crippen molar-refractivity contribution in [2.24, 2.45) is 0 Å². The first-order valence-corrected chi connectivity index (χ1v) is 6.67. The van der Waals surface area contributed by atoms with Crippen LogP contribution in [0.2, 0.25) is 5.02 Å². The molecule has 1 aromatic heterocycles. The van der Waals surface area contributed by atoms with Gasteiger partial charge in [-0.2, -0.15) is 9.78 Å². The minimum atomic E-state index is -0.550. The van der Waals surface area contributed by atoms with Crippen LogP contribution < -0.4 is 10.9 Å². The van der Waals surface area contributed by atoms with E-state index in [1.54, 1.807) is 24.3 Å². The van der Waals surface area contributed by atoms with Crippen molar-refractivity contribution in [3.05, 3.63) is 51.4 Å². The molecule has 0 fully saturated rings. The lowest BCUT2D eigenvalue weighted by molar-refractivity contribution is 0.0600. The zero-order chi connectivity index (χ0) is 15.4. The maximum atomic E-state index is 12.3. The van der Waals surface area contributed by atoms with Gasteiger partial charge in [-0.25, -0.2) is 4.79 Å². The second-order valence-electron chi connectivity index (χ2n) is 4.13. The SMILES string of the molecule is CCNc1cnn(-c2ccccc2C(=O)OC)c(=O)c1Cl. The van der Waals surface area contributed by atoms with Crippen LogP contribution in [0.15, 0.2) is 35.3 Å². The van der Waals surface area contributed by atoms with E-state index in [-0.39, 0.29) is 10.6 Å². The van der Waals surface area contributed by atoms with E-state index < -0.39 is 11.5 Å². The Bertz CT molecular complexity index is 728. The van der Waals surface area contributed by atoms with Crippen LogP contribution in [0.1, 0.15) is 17.3 Å². The largest absolute Gasteiger partial charge is 0.465 e. The van der Waals surface area contributed by atoms with Gasteiger partial charge in [-0.3, -0.25) is 4.79 Å². The van der Waals surface area contributed by atoms with Crippen molar-refractivity contribution in [1.29, 1.82) is 0 Å². The monoisotopic (exact) mass is 307 g/mol. The van der Waals surface area contributed by atoms with Gasteiger partial charge in [0.15, 0.2) is 0 Å². The maximum Gasteiger partial charge on any atom is 0.340 e. The highest BCUT2D eigenvalue weighted by Gasteiger charge is 2.16. The first kappa shape index (κ1) is 15.1. The van der Waals surface area contributed by atoms with E-state index in [1.165, 1.54) is 13.3 Å². The van der Waals surface area contributed by atoms with Crippen molar-refractivity contribution in [2.45, 2.75) is 6.92 Å². The van der Waals surface area contributed by atoms with Crippen molar-refractivity contribution < 1.29 is 9.53 Å². The highest BCUT2D eigenvalue weighted by molar-refractivity contribution is 6.32. The highest BCUT2D eigenvalue weighted by Crippen LogP contribution is 2.18. The van der Waals surface area contributed by atoms with E-state index in [0.29, 0.717) is 17.9 Å². The van der Waals surface area contributed by atoms with Gasteiger partial charge in [0.25, 0.3) is 5.56 Å². The second kappa shape index (κ2) is 6.41. The van der Waals surface area contributed by atoms with Gasteiger partial charge in [-0.1, -0.05) is 23.7 Å². The fourth-order valence-electron chi connectivity index (χ4n) is 1.86. The summed E-state index contributed by atoms with van der Waals surface area (Å²) in [6.45, 7) is 2.50. The van der Waals surface area contributed by atoms with Gasteiger partial charge in [0.05, 0.1) is 30.2 Å². The van der Waals surface area contributed by atoms with Gasteiger partial charge >= 0.3 is 5.97 Å². The third kappa shape index (κ3) is 2.90. The van der Waals surface area contributed by atoms with E-state index in [4.69, 9.17) is 16.3 Å². The normalized spacial score (nSPS) is 10.2. The molecule has 21 heavy (non-hydrogen) atoms. The van der Waals surface area contributed by atoms with Crippen LogP contribution in [-0.2, 0) is 4.74 Å². The van der Waals surface area contributed by atoms with Crippen LogP contribution >= 0.6 is 11.6 Å². The van der Waals surface area contributed by atoms with Gasteiger partial charge in [0.2, 0.25) is 0 Å². The predicted molar refractivity (Wildman–Crippen MR) is 80.3 cm³/mol. The number of hydrogen-bond acceptors (Lipinski definition) is 5. The Morgan fingerprint density at radius 2 is 2.14 bits per heavy atom. The lowest BCUT2D eigenvalue weighted by Crippen LogP contribution is -2.24. The van der Waals surface area contributed by atoms with Gasteiger partial charge in [-0.05, 0) is 19.1 Å². The molecule has 2 aromatic rings. The van der Waals surface area contributed by atoms with Crippen molar-refractivity contribution in [3.8, 4) is 5.69 Å². The van der Waals surface area contributed by atoms with Crippen LogP contribution in [-0.4, -0.2) is 29.4 Å². The highest BCUT2D eigenvalue weighted by atomic mass is 35.5. The molecule has 0 radical (unpaired) electrons. The number of halogens is 1. The lowest BCUT2D eigenvalue weighted by Gasteiger charge is -2.11. The molecular formula is C14H14ClN3O3. The van der Waals surface area contributed by atoms with Crippen molar-refractivity contribution in [1.82, 2.24) is 9.78 Å². The smallest absolute Gasteiger partial charge is 0.340 e. The number of hydrogen-bond donors (Lipinski definition) is 1. The number of aromatic nitrogens is 2. The van der Waals surface area contributed by atoms with Crippen LogP contribution in [0.5, 0.6) is 0 Å². The Balaban J connectivity index is 2.61. The minimum absolute atomic E-state index is 0.0199. The Morgan fingerprint density at radius 3 is 2.81 bits per heavy atom. The molecule has 1 aromatic carbocycles. The third-order valence-corrected chi connectivity index (χ3v) is 3.19. The first-order valence-electron chi connectivity index (χ1n) is 6.29. The summed E-state index contributed by atoms with van der Waals surface area (Å²) in [4.78, 5) is 24.1. The molecule has 1 N–H and O–H groups in total. The number of methoxy groups -OCH3 is 1. The molecule has 110 valence electrons. The quantitative estimate of drug-likeness (QED) is 0.876. The van der Waals surface area contributed by atoms with Crippen LogP contribution in [0, 0.1) is 0 Å². The van der Waals surface area contributed by atoms with Crippen molar-refractivity contribution in [2.75, 3.05) is 19.0 Å². The molecule has 0 atom stereocenters. The number of rotatable bonds is 4. The average molecular weight is 308 g/mol. The Hall–Kier alpha value is -2.34. The van der Waals surface area contributed by atoms with E-state index in [9.17, 15) is 9.59 Å². The topological polar surface area (TPSA) is 73.2 Å². The second-order valence-corrected chi connectivity index (χ2v) is 4.51. The standard InChI is InChI=1S/C14H14ClN3O3/c1-3-16-10-8-17-18(13(19)12(10)15)11-7-5-4-6-9(11)14(20)21-2/h4-8,16H,3H2,1-2H3. The molecule has 7 heteroatoms. The Kier molecular flexibility index (Phi) is 4.59. The molecular weight excluding hydrogens is 294 g/mol. The molecule has 0 bridgehead atoms. The molecule has 0 saturated carbocycles. The molecule has 0 aliphatic rings. The fourth-order valence-corrected chi connectivity index (χ4v) is 2.05. The predicted octanol–water partition coefficient (Wildman–Crippen LogP) is 2.10. The summed E-state index contributed by atoms with van der Waals surface area (Å²) < 4.78 is 5.78. The van der Waals surface area contributed by atoms with Gasteiger partial charge < -0.3 is 10.1 Å². The first-order chi connectivity index (χ1) is 10.1. The fraction of sp³-hybridized carbons (Fsp3) is 0.214. The van der Waals surface area contributed by atoms with Gasteiger partial charge in [0.1, 0.15) is 5.02 Å². The zero-order valence-electron chi connectivity index (χ0n) is 11.6. The molecule has 0 spiro atoms. The number of esters is 1. The molecule has 0 aliphatic heterocycles. The number of nitrogens with one attached hydrogen (secondary N) is 1. The Labute approximate surface area is 126 Å². The number of carbonyl (C=O) groups is 1. The number of anilines is 1. The van der Waals surface area contributed by atoms with Gasteiger partial charge in [0, 0.05) is 6.54 Å². The molecule has 6 nitrogen and oxygen atoms in total. The molecule has 0 unspecified atom stereocenters.